The highest BCUT2D eigenvalue weighted by Gasteiger charge is 2.23. The predicted molar refractivity (Wildman–Crippen MR) is 104 cm³/mol. The molecule has 1 fully saturated rings. The molecule has 1 aliphatic heterocycles. The average molecular weight is 333 g/mol. The van der Waals surface area contributed by atoms with Gasteiger partial charge in [-0.15, -0.1) is 6.58 Å². The van der Waals surface area contributed by atoms with E-state index in [0.29, 0.717) is 6.04 Å². The van der Waals surface area contributed by atoms with Crippen molar-refractivity contribution >= 4 is 23.4 Å². The molecule has 0 radical (unpaired) electrons. The molecule has 4 nitrogen and oxygen atoms in total. The Bertz CT molecular complexity index is 489. The van der Waals surface area contributed by atoms with Gasteiger partial charge in [0, 0.05) is 42.9 Å². The summed E-state index contributed by atoms with van der Waals surface area (Å²) in [7, 11) is 0. The smallest absolute Gasteiger partial charge is 0.191 e. The topological polar surface area (TPSA) is 39.7 Å². The SMILES string of the molecule is C=CCSCCN=C(NCC)NC1CCN(c2ccccc2)C1. The largest absolute Gasteiger partial charge is 0.369 e. The van der Waals surface area contributed by atoms with Crippen molar-refractivity contribution in [2.24, 2.45) is 4.99 Å². The summed E-state index contributed by atoms with van der Waals surface area (Å²) in [6.07, 6.45) is 3.08. The molecule has 0 saturated carbocycles. The Morgan fingerprint density at radius 2 is 2.26 bits per heavy atom. The van der Waals surface area contributed by atoms with Crippen molar-refractivity contribution in [2.45, 2.75) is 19.4 Å². The Morgan fingerprint density at radius 3 is 3.00 bits per heavy atom. The number of para-hydroxylation sites is 1. The number of nitrogens with zero attached hydrogens (tertiary/aromatic N) is 2. The minimum absolute atomic E-state index is 0.453. The standard InChI is InChI=1S/C18H28N4S/c1-3-13-23-14-11-20-18(19-4-2)21-16-10-12-22(15-16)17-8-6-5-7-9-17/h3,5-9,16H,1,4,10-15H2,2H3,(H2,19,20,21). The second-order valence-electron chi connectivity index (χ2n) is 5.54. The van der Waals surface area contributed by atoms with Gasteiger partial charge in [0.05, 0.1) is 6.54 Å². The quantitative estimate of drug-likeness (QED) is 0.332. The van der Waals surface area contributed by atoms with E-state index in [1.807, 2.05) is 17.8 Å². The predicted octanol–water partition coefficient (Wildman–Crippen LogP) is 2.74. The minimum atomic E-state index is 0.453. The zero-order valence-corrected chi connectivity index (χ0v) is 14.8. The fourth-order valence-electron chi connectivity index (χ4n) is 2.65. The van der Waals surface area contributed by atoms with Crippen molar-refractivity contribution in [3.8, 4) is 0 Å². The zero-order chi connectivity index (χ0) is 16.3. The van der Waals surface area contributed by atoms with E-state index < -0.39 is 0 Å². The fraction of sp³-hybridized carbons (Fsp3) is 0.500. The van der Waals surface area contributed by atoms with Crippen LogP contribution < -0.4 is 15.5 Å². The van der Waals surface area contributed by atoms with Crippen molar-refractivity contribution in [3.63, 3.8) is 0 Å². The van der Waals surface area contributed by atoms with Gasteiger partial charge in [0.25, 0.3) is 0 Å². The molecule has 0 spiro atoms. The lowest BCUT2D eigenvalue weighted by Gasteiger charge is -2.20. The molecule has 2 rings (SSSR count). The molecule has 1 aromatic rings. The van der Waals surface area contributed by atoms with Gasteiger partial charge in [0.1, 0.15) is 0 Å². The van der Waals surface area contributed by atoms with Crippen LogP contribution in [0.1, 0.15) is 13.3 Å². The van der Waals surface area contributed by atoms with E-state index in [2.05, 4.69) is 64.4 Å². The van der Waals surface area contributed by atoms with Crippen LogP contribution in [0.5, 0.6) is 0 Å². The van der Waals surface area contributed by atoms with Crippen LogP contribution in [0, 0.1) is 0 Å². The van der Waals surface area contributed by atoms with Crippen LogP contribution in [0.4, 0.5) is 5.69 Å². The van der Waals surface area contributed by atoms with E-state index in [4.69, 9.17) is 0 Å². The van der Waals surface area contributed by atoms with Gasteiger partial charge < -0.3 is 15.5 Å². The number of thioether (sulfide) groups is 1. The summed E-state index contributed by atoms with van der Waals surface area (Å²) in [5, 5.41) is 6.92. The molecule has 0 aromatic heterocycles. The summed E-state index contributed by atoms with van der Waals surface area (Å²) < 4.78 is 0. The van der Waals surface area contributed by atoms with Gasteiger partial charge in [-0.05, 0) is 25.5 Å². The molecule has 1 aromatic carbocycles. The maximum absolute atomic E-state index is 4.67. The van der Waals surface area contributed by atoms with Crippen LogP contribution in [0.2, 0.25) is 0 Å². The van der Waals surface area contributed by atoms with E-state index in [-0.39, 0.29) is 0 Å². The molecule has 23 heavy (non-hydrogen) atoms. The molecule has 0 aliphatic carbocycles. The summed E-state index contributed by atoms with van der Waals surface area (Å²) in [6.45, 7) is 9.69. The van der Waals surface area contributed by atoms with Crippen LogP contribution in [0.25, 0.3) is 0 Å². The molecule has 5 heteroatoms. The first-order valence-electron chi connectivity index (χ1n) is 8.37. The third-order valence-corrected chi connectivity index (χ3v) is 4.68. The second kappa shape index (κ2) is 10.2. The van der Waals surface area contributed by atoms with Crippen LogP contribution in [0.3, 0.4) is 0 Å². The molecular formula is C18H28N4S. The molecule has 0 amide bonds. The Kier molecular flexibility index (Phi) is 7.87. The Labute approximate surface area is 144 Å². The normalized spacial score (nSPS) is 18.0. The van der Waals surface area contributed by atoms with Gasteiger partial charge in [-0.25, -0.2) is 0 Å². The number of hydrogen-bond donors (Lipinski definition) is 2. The van der Waals surface area contributed by atoms with Crippen LogP contribution in [-0.4, -0.2) is 49.7 Å². The maximum atomic E-state index is 4.67. The summed E-state index contributed by atoms with van der Waals surface area (Å²) in [5.74, 6) is 2.96. The third-order valence-electron chi connectivity index (χ3n) is 3.74. The van der Waals surface area contributed by atoms with Crippen LogP contribution in [-0.2, 0) is 0 Å². The van der Waals surface area contributed by atoms with Gasteiger partial charge >= 0.3 is 0 Å². The van der Waals surface area contributed by atoms with E-state index >= 15 is 0 Å². The fourth-order valence-corrected chi connectivity index (χ4v) is 3.21. The van der Waals surface area contributed by atoms with Crippen LogP contribution >= 0.6 is 11.8 Å². The molecular weight excluding hydrogens is 304 g/mol. The highest BCUT2D eigenvalue weighted by Crippen LogP contribution is 2.19. The Hall–Kier alpha value is -1.62. The molecule has 126 valence electrons. The van der Waals surface area contributed by atoms with Gasteiger partial charge in [-0.3, -0.25) is 4.99 Å². The number of hydrogen-bond acceptors (Lipinski definition) is 3. The van der Waals surface area contributed by atoms with Gasteiger partial charge in [0.2, 0.25) is 0 Å². The van der Waals surface area contributed by atoms with Crippen molar-refractivity contribution in [1.29, 1.82) is 0 Å². The Balaban J connectivity index is 1.81. The molecule has 0 bridgehead atoms. The zero-order valence-electron chi connectivity index (χ0n) is 14.0. The van der Waals surface area contributed by atoms with E-state index in [0.717, 1.165) is 50.1 Å². The van der Waals surface area contributed by atoms with Crippen molar-refractivity contribution in [3.05, 3.63) is 43.0 Å². The lowest BCUT2D eigenvalue weighted by atomic mass is 10.3. The first-order valence-corrected chi connectivity index (χ1v) is 9.52. The lowest BCUT2D eigenvalue weighted by molar-refractivity contribution is 0.650. The van der Waals surface area contributed by atoms with Gasteiger partial charge in [-0.1, -0.05) is 24.3 Å². The maximum Gasteiger partial charge on any atom is 0.191 e. The number of benzene rings is 1. The van der Waals surface area contributed by atoms with E-state index in [1.54, 1.807) is 0 Å². The van der Waals surface area contributed by atoms with Crippen molar-refractivity contribution in [1.82, 2.24) is 10.6 Å². The van der Waals surface area contributed by atoms with Crippen molar-refractivity contribution in [2.75, 3.05) is 42.6 Å². The molecule has 1 atom stereocenters. The number of anilines is 1. The Morgan fingerprint density at radius 1 is 1.43 bits per heavy atom. The van der Waals surface area contributed by atoms with Crippen molar-refractivity contribution < 1.29 is 0 Å². The third kappa shape index (κ3) is 6.18. The molecule has 1 heterocycles. The van der Waals surface area contributed by atoms with Crippen LogP contribution in [0.15, 0.2) is 48.0 Å². The number of aliphatic imine (C=N–C) groups is 1. The molecule has 1 aliphatic rings. The molecule has 2 N–H and O–H groups in total. The summed E-state index contributed by atoms with van der Waals surface area (Å²) in [4.78, 5) is 7.10. The van der Waals surface area contributed by atoms with Gasteiger partial charge in [-0.2, -0.15) is 11.8 Å². The first kappa shape index (κ1) is 17.7. The van der Waals surface area contributed by atoms with E-state index in [1.165, 1.54) is 5.69 Å². The highest BCUT2D eigenvalue weighted by atomic mass is 32.2. The number of rotatable bonds is 8. The average Bonchev–Trinajstić information content (AvgIpc) is 3.04. The van der Waals surface area contributed by atoms with E-state index in [9.17, 15) is 0 Å². The number of guanidine groups is 1. The lowest BCUT2D eigenvalue weighted by Crippen LogP contribution is -2.44. The molecule has 1 unspecified atom stereocenters. The summed E-state index contributed by atoms with van der Waals surface area (Å²) in [6, 6.07) is 11.1. The first-order chi connectivity index (χ1) is 11.3. The summed E-state index contributed by atoms with van der Waals surface area (Å²) in [5.41, 5.74) is 1.31. The summed E-state index contributed by atoms with van der Waals surface area (Å²) >= 11 is 1.86. The second-order valence-corrected chi connectivity index (χ2v) is 6.69. The number of nitrogens with one attached hydrogen (secondary N) is 2. The van der Waals surface area contributed by atoms with Gasteiger partial charge in [0.15, 0.2) is 5.96 Å². The molecule has 1 saturated heterocycles. The monoisotopic (exact) mass is 332 g/mol. The minimum Gasteiger partial charge on any atom is -0.369 e. The highest BCUT2D eigenvalue weighted by molar-refractivity contribution is 7.99.